The third kappa shape index (κ3) is 8.45. The van der Waals surface area contributed by atoms with Crippen LogP contribution in [-0.4, -0.2) is 28.1 Å². The van der Waals surface area contributed by atoms with Crippen molar-refractivity contribution in [3.05, 3.63) is 0 Å². The van der Waals surface area contributed by atoms with Gasteiger partial charge in [-0.1, -0.05) is 0 Å². The number of rotatable bonds is 4. The van der Waals surface area contributed by atoms with Gasteiger partial charge >= 0.3 is 63.4 Å². The topological polar surface area (TPSA) is 18.5 Å². The van der Waals surface area contributed by atoms with Crippen LogP contribution in [0.4, 0.5) is 0 Å². The first-order chi connectivity index (χ1) is 4.13. The van der Waals surface area contributed by atoms with Crippen molar-refractivity contribution in [2.45, 2.75) is 39.9 Å². The fourth-order valence-corrected chi connectivity index (χ4v) is 0.763. The quantitative estimate of drug-likeness (QED) is 0.556. The van der Waals surface area contributed by atoms with Crippen LogP contribution >= 0.6 is 0 Å². The number of hydrogen-bond acceptors (Lipinski definition) is 2. The van der Waals surface area contributed by atoms with E-state index in [-0.39, 0.29) is 15.9 Å². The van der Waals surface area contributed by atoms with Crippen molar-refractivity contribution in [2.24, 2.45) is 0 Å². The summed E-state index contributed by atoms with van der Waals surface area (Å²) < 4.78 is 10.4. The van der Waals surface area contributed by atoms with Crippen molar-refractivity contribution in [2.75, 3.05) is 0 Å². The average Bonchev–Trinajstić information content (AvgIpc) is 1.63. The maximum absolute atomic E-state index is 5.21. The fourth-order valence-electron chi connectivity index (χ4n) is 0.254. The Bertz CT molecular complexity index is 56.1. The van der Waals surface area contributed by atoms with E-state index in [2.05, 4.69) is 0 Å². The van der Waals surface area contributed by atoms with Crippen molar-refractivity contribution in [1.29, 1.82) is 0 Å². The van der Waals surface area contributed by atoms with Gasteiger partial charge in [-0.3, -0.25) is 0 Å². The van der Waals surface area contributed by atoms with E-state index < -0.39 is 0 Å². The van der Waals surface area contributed by atoms with E-state index in [1.54, 1.807) is 0 Å². The van der Waals surface area contributed by atoms with Crippen molar-refractivity contribution >= 4 is 15.9 Å². The zero-order valence-corrected chi connectivity index (χ0v) is 7.70. The Morgan fingerprint density at radius 1 is 0.889 bits per heavy atom. The van der Waals surface area contributed by atoms with Gasteiger partial charge in [0, 0.05) is 0 Å². The molecule has 3 heteroatoms. The van der Waals surface area contributed by atoms with E-state index in [0.717, 1.165) is 0 Å². The Morgan fingerprint density at radius 2 is 1.22 bits per heavy atom. The Balaban J connectivity index is 2.91. The summed E-state index contributed by atoms with van der Waals surface area (Å²) in [6.45, 7) is 8.04. The molecule has 0 amide bonds. The van der Waals surface area contributed by atoms with Crippen LogP contribution in [0.1, 0.15) is 27.7 Å². The second-order valence-electron chi connectivity index (χ2n) is 2.47. The van der Waals surface area contributed by atoms with Crippen LogP contribution in [0.2, 0.25) is 0 Å². The summed E-state index contributed by atoms with van der Waals surface area (Å²) in [7, 11) is 0. The molecule has 0 saturated heterocycles. The molecule has 0 rings (SSSR count). The van der Waals surface area contributed by atoms with Gasteiger partial charge in [-0.2, -0.15) is 0 Å². The van der Waals surface area contributed by atoms with Gasteiger partial charge in [-0.25, -0.2) is 0 Å². The normalized spacial score (nSPS) is 10.4. The molecule has 0 aliphatic rings. The first-order valence-electron chi connectivity index (χ1n) is 3.25. The molecule has 0 aromatic heterocycles. The molecule has 52 valence electrons. The molecule has 0 aliphatic heterocycles. The molecule has 0 spiro atoms. The predicted octanol–water partition coefficient (Wildman–Crippen LogP) is 1.37. The number of hydrogen-bond donors (Lipinski definition) is 0. The van der Waals surface area contributed by atoms with Gasteiger partial charge in [0.1, 0.15) is 0 Å². The minimum atomic E-state index is -0.245. The first kappa shape index (κ1) is 9.45. The molecule has 0 saturated carbocycles. The van der Waals surface area contributed by atoms with Crippen LogP contribution in [0.5, 0.6) is 0 Å². The van der Waals surface area contributed by atoms with E-state index in [0.29, 0.717) is 12.2 Å². The van der Waals surface area contributed by atoms with Crippen LogP contribution in [0, 0.1) is 0 Å². The Hall–Kier alpha value is 0.452. The van der Waals surface area contributed by atoms with Crippen molar-refractivity contribution < 1.29 is 7.58 Å². The first-order valence-corrected chi connectivity index (χ1v) is 4.20. The minimum absolute atomic E-state index is 0.245. The summed E-state index contributed by atoms with van der Waals surface area (Å²) in [5.41, 5.74) is 0. The molecule has 9 heavy (non-hydrogen) atoms. The SMILES string of the molecule is CC(C)[O][Al+][O]C(C)C. The predicted molar refractivity (Wildman–Crippen MR) is 38.2 cm³/mol. The molecule has 0 bridgehead atoms. The third-order valence-corrected chi connectivity index (χ3v) is 1.97. The van der Waals surface area contributed by atoms with Crippen LogP contribution < -0.4 is 0 Å². The Kier molecular flexibility index (Phi) is 5.52. The second-order valence-corrected chi connectivity index (χ2v) is 3.20. The standard InChI is InChI=1S/2C3H7O.Al/c2*1-3(2)4;/h2*3H,1-2H3;/q2*-1;+3. The molecule has 0 radical (unpaired) electrons. The third-order valence-electron chi connectivity index (χ3n) is 0.655. The van der Waals surface area contributed by atoms with Crippen LogP contribution in [0.3, 0.4) is 0 Å². The van der Waals surface area contributed by atoms with Gasteiger partial charge in [-0.05, 0) is 0 Å². The van der Waals surface area contributed by atoms with Crippen molar-refractivity contribution in [3.8, 4) is 0 Å². The summed E-state index contributed by atoms with van der Waals surface area (Å²) in [5, 5.41) is 0. The van der Waals surface area contributed by atoms with E-state index in [1.807, 2.05) is 27.7 Å². The molecule has 0 heterocycles. The summed E-state index contributed by atoms with van der Waals surface area (Å²) in [5.74, 6) is 0. The Morgan fingerprint density at radius 3 is 1.44 bits per heavy atom. The molecule has 0 unspecified atom stereocenters. The van der Waals surface area contributed by atoms with Gasteiger partial charge in [0.2, 0.25) is 0 Å². The van der Waals surface area contributed by atoms with E-state index in [1.165, 1.54) is 0 Å². The summed E-state index contributed by atoms with van der Waals surface area (Å²) in [6, 6.07) is 0. The van der Waals surface area contributed by atoms with Crippen LogP contribution in [0.25, 0.3) is 0 Å². The summed E-state index contributed by atoms with van der Waals surface area (Å²) in [4.78, 5) is 0. The summed E-state index contributed by atoms with van der Waals surface area (Å²) in [6.07, 6.45) is 0.609. The molecule has 0 aromatic carbocycles. The zero-order chi connectivity index (χ0) is 7.28. The van der Waals surface area contributed by atoms with Gasteiger partial charge < -0.3 is 0 Å². The maximum atomic E-state index is 5.21. The molecule has 0 aromatic rings. The fraction of sp³-hybridized carbons (Fsp3) is 1.00. The molecular formula is C6H14AlO2+. The van der Waals surface area contributed by atoms with E-state index in [9.17, 15) is 0 Å². The summed E-state index contributed by atoms with van der Waals surface area (Å²) >= 11 is -0.245. The molecule has 2 nitrogen and oxygen atoms in total. The molecule has 0 N–H and O–H groups in total. The van der Waals surface area contributed by atoms with Crippen molar-refractivity contribution in [3.63, 3.8) is 0 Å². The molecule has 0 atom stereocenters. The molecule has 0 fully saturated rings. The van der Waals surface area contributed by atoms with Crippen LogP contribution in [-0.2, 0) is 7.58 Å². The zero-order valence-electron chi connectivity index (χ0n) is 6.55. The van der Waals surface area contributed by atoms with Gasteiger partial charge in [0.15, 0.2) is 0 Å². The van der Waals surface area contributed by atoms with Crippen LogP contribution in [0.15, 0.2) is 0 Å². The monoisotopic (exact) mass is 145 g/mol. The van der Waals surface area contributed by atoms with Gasteiger partial charge in [0.25, 0.3) is 0 Å². The molecule has 0 aliphatic carbocycles. The van der Waals surface area contributed by atoms with E-state index >= 15 is 0 Å². The van der Waals surface area contributed by atoms with Gasteiger partial charge in [0.05, 0.1) is 0 Å². The molecular weight excluding hydrogens is 131 g/mol. The average molecular weight is 145 g/mol. The van der Waals surface area contributed by atoms with Gasteiger partial charge in [-0.15, -0.1) is 0 Å². The second kappa shape index (κ2) is 5.25. The van der Waals surface area contributed by atoms with E-state index in [4.69, 9.17) is 7.58 Å². The Labute approximate surface area is 63.9 Å². The van der Waals surface area contributed by atoms with Crippen molar-refractivity contribution in [1.82, 2.24) is 0 Å².